The number of guanidine groups is 1. The van der Waals surface area contributed by atoms with E-state index in [1.165, 1.54) is 51.4 Å². The first-order valence-electron chi connectivity index (χ1n) is 9.04. The Morgan fingerprint density at radius 1 is 0.913 bits per heavy atom. The lowest BCUT2D eigenvalue weighted by atomic mass is 9.95. The molecule has 0 spiro atoms. The highest BCUT2D eigenvalue weighted by atomic mass is 127. The third kappa shape index (κ3) is 8.22. The van der Waals surface area contributed by atoms with Gasteiger partial charge in [-0.25, -0.2) is 0 Å². The van der Waals surface area contributed by atoms with Crippen LogP contribution in [0.4, 0.5) is 0 Å². The van der Waals surface area contributed by atoms with E-state index in [0.717, 1.165) is 18.8 Å². The van der Waals surface area contributed by atoms with E-state index in [1.54, 1.807) is 7.05 Å². The minimum atomic E-state index is 0. The van der Waals surface area contributed by atoms with Gasteiger partial charge in [0, 0.05) is 32.1 Å². The van der Waals surface area contributed by atoms with Gasteiger partial charge in [-0.1, -0.05) is 38.5 Å². The molecule has 3 N–H and O–H groups in total. The fraction of sp³-hybridized carbons (Fsp3) is 0.882. The second-order valence-corrected chi connectivity index (χ2v) is 6.63. The van der Waals surface area contributed by atoms with Crippen LogP contribution >= 0.6 is 24.0 Å². The van der Waals surface area contributed by atoms with Crippen molar-refractivity contribution in [3.05, 3.63) is 0 Å². The molecule has 2 aliphatic carbocycles. The first-order chi connectivity index (χ1) is 10.8. The van der Waals surface area contributed by atoms with Crippen LogP contribution in [0.5, 0.6) is 0 Å². The average molecular weight is 436 g/mol. The van der Waals surface area contributed by atoms with Crippen molar-refractivity contribution < 1.29 is 4.79 Å². The van der Waals surface area contributed by atoms with E-state index < -0.39 is 0 Å². The molecule has 5 nitrogen and oxygen atoms in total. The molecule has 0 aromatic heterocycles. The van der Waals surface area contributed by atoms with E-state index >= 15 is 0 Å². The van der Waals surface area contributed by atoms with E-state index in [2.05, 4.69) is 20.9 Å². The Morgan fingerprint density at radius 2 is 1.43 bits per heavy atom. The summed E-state index contributed by atoms with van der Waals surface area (Å²) in [5.74, 6) is 0.991. The van der Waals surface area contributed by atoms with E-state index in [0.29, 0.717) is 25.0 Å². The van der Waals surface area contributed by atoms with Gasteiger partial charge in [-0.05, 0) is 25.7 Å². The van der Waals surface area contributed by atoms with Gasteiger partial charge in [-0.2, -0.15) is 0 Å². The van der Waals surface area contributed by atoms with Gasteiger partial charge < -0.3 is 16.0 Å². The third-order valence-corrected chi connectivity index (χ3v) is 4.78. The van der Waals surface area contributed by atoms with Crippen molar-refractivity contribution >= 4 is 35.8 Å². The lowest BCUT2D eigenvalue weighted by Crippen LogP contribution is -2.45. The molecule has 6 heteroatoms. The van der Waals surface area contributed by atoms with Crippen molar-refractivity contribution in [3.63, 3.8) is 0 Å². The summed E-state index contributed by atoms with van der Waals surface area (Å²) < 4.78 is 0. The topological polar surface area (TPSA) is 65.5 Å². The highest BCUT2D eigenvalue weighted by Crippen LogP contribution is 2.18. The predicted octanol–water partition coefficient (Wildman–Crippen LogP) is 2.94. The quantitative estimate of drug-likeness (QED) is 0.353. The number of carbonyl (C=O) groups is 1. The van der Waals surface area contributed by atoms with Gasteiger partial charge in [0.2, 0.25) is 5.91 Å². The van der Waals surface area contributed by atoms with E-state index in [-0.39, 0.29) is 29.9 Å². The Hall–Kier alpha value is -0.530. The number of nitrogens with one attached hydrogen (secondary N) is 3. The van der Waals surface area contributed by atoms with Crippen molar-refractivity contribution in [2.75, 3.05) is 13.6 Å². The van der Waals surface area contributed by atoms with Crippen LogP contribution in [-0.2, 0) is 4.79 Å². The summed E-state index contributed by atoms with van der Waals surface area (Å²) in [5.41, 5.74) is 0. The number of hydrogen-bond acceptors (Lipinski definition) is 2. The molecule has 0 aromatic rings. The molecule has 0 atom stereocenters. The number of carbonyl (C=O) groups excluding carboxylic acids is 1. The van der Waals surface area contributed by atoms with Gasteiger partial charge >= 0.3 is 0 Å². The van der Waals surface area contributed by atoms with Crippen LogP contribution in [0, 0.1) is 0 Å². The van der Waals surface area contributed by atoms with Gasteiger partial charge in [-0.3, -0.25) is 9.79 Å². The molecular formula is C17H33IN4O. The SMILES string of the molecule is CN=C(NCCC(=O)NC1CCCCC1)NC1CCCCC1.I. The molecule has 0 unspecified atom stereocenters. The molecule has 1 amide bonds. The molecule has 2 rings (SSSR count). The zero-order valence-corrected chi connectivity index (χ0v) is 16.7. The first-order valence-corrected chi connectivity index (χ1v) is 9.04. The smallest absolute Gasteiger partial charge is 0.221 e. The zero-order valence-electron chi connectivity index (χ0n) is 14.4. The van der Waals surface area contributed by atoms with Gasteiger partial charge in [0.25, 0.3) is 0 Å². The number of rotatable bonds is 5. The Morgan fingerprint density at radius 3 is 1.96 bits per heavy atom. The highest BCUT2D eigenvalue weighted by molar-refractivity contribution is 14.0. The normalized spacial score (nSPS) is 20.5. The van der Waals surface area contributed by atoms with E-state index in [9.17, 15) is 4.79 Å². The largest absolute Gasteiger partial charge is 0.356 e. The molecule has 2 fully saturated rings. The fourth-order valence-electron chi connectivity index (χ4n) is 3.48. The van der Waals surface area contributed by atoms with Crippen LogP contribution in [0.25, 0.3) is 0 Å². The zero-order chi connectivity index (χ0) is 15.6. The lowest BCUT2D eigenvalue weighted by molar-refractivity contribution is -0.121. The summed E-state index contributed by atoms with van der Waals surface area (Å²) in [6.07, 6.45) is 13.0. The molecule has 2 saturated carbocycles. The highest BCUT2D eigenvalue weighted by Gasteiger charge is 2.16. The molecule has 134 valence electrons. The van der Waals surface area contributed by atoms with Gasteiger partial charge in [0.15, 0.2) is 5.96 Å². The minimum absolute atomic E-state index is 0. The number of halogens is 1. The van der Waals surface area contributed by atoms with E-state index in [1.807, 2.05) is 0 Å². The fourth-order valence-corrected chi connectivity index (χ4v) is 3.48. The van der Waals surface area contributed by atoms with Crippen LogP contribution in [0.3, 0.4) is 0 Å². The minimum Gasteiger partial charge on any atom is -0.356 e. The van der Waals surface area contributed by atoms with Crippen LogP contribution in [0.2, 0.25) is 0 Å². The summed E-state index contributed by atoms with van der Waals surface area (Å²) >= 11 is 0. The Labute approximate surface area is 157 Å². The first kappa shape index (κ1) is 20.5. The number of hydrogen-bond donors (Lipinski definition) is 3. The van der Waals surface area contributed by atoms with Crippen molar-refractivity contribution in [1.82, 2.24) is 16.0 Å². The molecule has 0 heterocycles. The maximum absolute atomic E-state index is 12.0. The lowest BCUT2D eigenvalue weighted by Gasteiger charge is -2.25. The number of amides is 1. The molecule has 0 aliphatic heterocycles. The maximum Gasteiger partial charge on any atom is 0.221 e. The molecule has 0 saturated heterocycles. The Balaban J connectivity index is 0.00000264. The van der Waals surface area contributed by atoms with Gasteiger partial charge in [0.1, 0.15) is 0 Å². The number of aliphatic imine (C=N–C) groups is 1. The third-order valence-electron chi connectivity index (χ3n) is 4.78. The van der Waals surface area contributed by atoms with Crippen LogP contribution in [-0.4, -0.2) is 37.5 Å². The molecule has 0 bridgehead atoms. The molecule has 0 radical (unpaired) electrons. The number of nitrogens with zero attached hydrogens (tertiary/aromatic N) is 1. The van der Waals surface area contributed by atoms with Crippen molar-refractivity contribution in [1.29, 1.82) is 0 Å². The Kier molecular flexibility index (Phi) is 10.6. The Bertz CT molecular complexity index is 364. The second-order valence-electron chi connectivity index (χ2n) is 6.63. The molecule has 23 heavy (non-hydrogen) atoms. The van der Waals surface area contributed by atoms with Crippen LogP contribution < -0.4 is 16.0 Å². The van der Waals surface area contributed by atoms with Gasteiger partial charge in [0.05, 0.1) is 0 Å². The van der Waals surface area contributed by atoms with Crippen LogP contribution in [0.1, 0.15) is 70.6 Å². The van der Waals surface area contributed by atoms with Crippen molar-refractivity contribution in [2.45, 2.75) is 82.7 Å². The maximum atomic E-state index is 12.0. The molecule has 2 aliphatic rings. The molecule has 0 aromatic carbocycles. The summed E-state index contributed by atoms with van der Waals surface area (Å²) in [6.45, 7) is 0.644. The summed E-state index contributed by atoms with van der Waals surface area (Å²) in [7, 11) is 1.79. The summed E-state index contributed by atoms with van der Waals surface area (Å²) in [4.78, 5) is 16.2. The van der Waals surface area contributed by atoms with Crippen molar-refractivity contribution in [3.8, 4) is 0 Å². The van der Waals surface area contributed by atoms with Crippen molar-refractivity contribution in [2.24, 2.45) is 4.99 Å². The summed E-state index contributed by atoms with van der Waals surface area (Å²) in [5, 5.41) is 9.88. The summed E-state index contributed by atoms with van der Waals surface area (Å²) in [6, 6.07) is 0.942. The van der Waals surface area contributed by atoms with Gasteiger partial charge in [-0.15, -0.1) is 24.0 Å². The average Bonchev–Trinajstić information content (AvgIpc) is 2.56. The predicted molar refractivity (Wildman–Crippen MR) is 106 cm³/mol. The second kappa shape index (κ2) is 11.9. The molecular weight excluding hydrogens is 403 g/mol. The monoisotopic (exact) mass is 436 g/mol. The van der Waals surface area contributed by atoms with E-state index in [4.69, 9.17) is 0 Å². The standard InChI is InChI=1S/C17H32N4O.HI/c1-18-17(21-15-10-6-3-7-11-15)19-13-12-16(22)20-14-8-4-2-5-9-14;/h14-15H,2-13H2,1H3,(H,20,22)(H2,18,19,21);1H. The van der Waals surface area contributed by atoms with Crippen LogP contribution in [0.15, 0.2) is 4.99 Å².